The van der Waals surface area contributed by atoms with E-state index in [9.17, 15) is 14.4 Å². The summed E-state index contributed by atoms with van der Waals surface area (Å²) in [5.41, 5.74) is 0. The molecule has 0 atom stereocenters. The van der Waals surface area contributed by atoms with Gasteiger partial charge >= 0.3 is 7.60 Å². The molecule has 0 aliphatic heterocycles. The molecule has 0 saturated heterocycles. The molecule has 0 amide bonds. The summed E-state index contributed by atoms with van der Waals surface area (Å²) in [6.07, 6.45) is 0. The van der Waals surface area contributed by atoms with Crippen molar-refractivity contribution in [1.82, 2.24) is 0 Å². The zero-order valence-electron chi connectivity index (χ0n) is 13.8. The summed E-state index contributed by atoms with van der Waals surface area (Å²) in [4.78, 5) is 19.3. The predicted molar refractivity (Wildman–Crippen MR) is 108 cm³/mol. The van der Waals surface area contributed by atoms with Gasteiger partial charge in [-0.3, -0.25) is 4.57 Å². The lowest BCUT2D eigenvalue weighted by Gasteiger charge is -2.11. The molecule has 5 aromatic carbocycles. The van der Waals surface area contributed by atoms with E-state index in [4.69, 9.17) is 0 Å². The normalized spacial score (nSPS) is 12.4. The predicted octanol–water partition coefficient (Wildman–Crippen LogP) is 5.10. The number of fused-ring (bicyclic) bond motifs is 4. The Morgan fingerprint density at radius 2 is 1.00 bits per heavy atom. The van der Waals surface area contributed by atoms with Gasteiger partial charge in [0.2, 0.25) is 0 Å². The van der Waals surface area contributed by atoms with Gasteiger partial charge in [-0.2, -0.15) is 0 Å². The summed E-state index contributed by atoms with van der Waals surface area (Å²) < 4.78 is 11.8. The number of rotatable bonds is 1. The number of hydrogen-bond donors (Lipinski definition) is 2. The largest absolute Gasteiger partial charge is 0.356 e. The molecule has 0 unspecified atom stereocenters. The molecule has 0 saturated carbocycles. The molecule has 2 N–H and O–H groups in total. The molecule has 0 spiro atoms. The van der Waals surface area contributed by atoms with Crippen LogP contribution in [0.2, 0.25) is 0 Å². The van der Waals surface area contributed by atoms with Gasteiger partial charge in [0, 0.05) is 0 Å². The molecular formula is C22H15O3P. The first-order valence-electron chi connectivity index (χ1n) is 8.34. The molecule has 0 aliphatic carbocycles. The van der Waals surface area contributed by atoms with E-state index < -0.39 is 7.60 Å². The molecule has 0 fully saturated rings. The van der Waals surface area contributed by atoms with E-state index in [-0.39, 0.29) is 5.30 Å². The Hall–Kier alpha value is -2.71. The minimum absolute atomic E-state index is 0.0792. The second-order valence-electron chi connectivity index (χ2n) is 6.64. The molecule has 126 valence electrons. The van der Waals surface area contributed by atoms with Crippen LogP contribution in [0.5, 0.6) is 0 Å². The van der Waals surface area contributed by atoms with Gasteiger partial charge < -0.3 is 9.79 Å². The van der Waals surface area contributed by atoms with Crippen LogP contribution in [0.1, 0.15) is 0 Å². The maximum atomic E-state index is 11.8. The van der Waals surface area contributed by atoms with Crippen molar-refractivity contribution >= 4 is 56.0 Å². The Balaban J connectivity index is 1.89. The molecule has 0 heterocycles. The highest BCUT2D eigenvalue weighted by atomic mass is 31.2. The van der Waals surface area contributed by atoms with Gasteiger partial charge in [0.15, 0.2) is 0 Å². The van der Waals surface area contributed by atoms with E-state index in [1.807, 2.05) is 30.3 Å². The van der Waals surface area contributed by atoms with Crippen LogP contribution >= 0.6 is 7.60 Å². The van der Waals surface area contributed by atoms with Crippen molar-refractivity contribution in [3.8, 4) is 0 Å². The van der Waals surface area contributed by atoms with Gasteiger partial charge in [-0.25, -0.2) is 0 Å². The number of benzene rings is 5. The Bertz CT molecular complexity index is 1380. The molecule has 3 nitrogen and oxygen atoms in total. The van der Waals surface area contributed by atoms with Crippen molar-refractivity contribution in [2.24, 2.45) is 0 Å². The zero-order chi connectivity index (χ0) is 17.9. The topological polar surface area (TPSA) is 57.5 Å². The van der Waals surface area contributed by atoms with Crippen LogP contribution in [0.3, 0.4) is 0 Å². The van der Waals surface area contributed by atoms with Gasteiger partial charge in [-0.1, -0.05) is 36.4 Å². The van der Waals surface area contributed by atoms with E-state index in [0.717, 1.165) is 26.9 Å². The average Bonchev–Trinajstić information content (AvgIpc) is 2.61. The standard InChI is InChI=1S/C22H15O3P/c23-26(24,25)22-7-3-6-16-10-19-11-17-8-14-4-1-2-5-15(14)9-18(17)12-20(19)13-21(16)22/h1-13H,(H2,23,24,25). The third-order valence-corrected chi connectivity index (χ3v) is 5.97. The van der Waals surface area contributed by atoms with Gasteiger partial charge in [0.25, 0.3) is 0 Å². The number of hydrogen-bond acceptors (Lipinski definition) is 1. The molecule has 5 rings (SSSR count). The molecule has 0 bridgehead atoms. The Morgan fingerprint density at radius 3 is 1.58 bits per heavy atom. The van der Waals surface area contributed by atoms with Crippen LogP contribution in [0.4, 0.5) is 0 Å². The third kappa shape index (κ3) is 2.41. The van der Waals surface area contributed by atoms with Crippen LogP contribution in [0.25, 0.3) is 43.1 Å². The first-order valence-corrected chi connectivity index (χ1v) is 9.95. The lowest BCUT2D eigenvalue weighted by Crippen LogP contribution is -2.04. The lowest BCUT2D eigenvalue weighted by atomic mass is 9.97. The van der Waals surface area contributed by atoms with E-state index in [0.29, 0.717) is 5.39 Å². The highest BCUT2D eigenvalue weighted by molar-refractivity contribution is 7.60. The fourth-order valence-corrected chi connectivity index (χ4v) is 4.50. The zero-order valence-corrected chi connectivity index (χ0v) is 14.6. The second kappa shape index (κ2) is 5.39. The summed E-state index contributed by atoms with van der Waals surface area (Å²) >= 11 is 0. The minimum atomic E-state index is -4.32. The molecule has 5 aromatic rings. The highest BCUT2D eigenvalue weighted by Crippen LogP contribution is 2.38. The first kappa shape index (κ1) is 15.5. The highest BCUT2D eigenvalue weighted by Gasteiger charge is 2.20. The molecule has 4 heteroatoms. The van der Waals surface area contributed by atoms with Crippen LogP contribution in [0, 0.1) is 0 Å². The van der Waals surface area contributed by atoms with E-state index in [2.05, 4.69) is 36.4 Å². The average molecular weight is 358 g/mol. The van der Waals surface area contributed by atoms with E-state index >= 15 is 0 Å². The molecule has 0 radical (unpaired) electrons. The van der Waals surface area contributed by atoms with Gasteiger partial charge in [-0.15, -0.1) is 0 Å². The van der Waals surface area contributed by atoms with Crippen LogP contribution < -0.4 is 5.30 Å². The Kier molecular flexibility index (Phi) is 3.22. The quantitative estimate of drug-likeness (QED) is 0.324. The fraction of sp³-hybridized carbons (Fsp3) is 0. The van der Waals surface area contributed by atoms with Crippen molar-refractivity contribution in [1.29, 1.82) is 0 Å². The minimum Gasteiger partial charge on any atom is -0.321 e. The maximum absolute atomic E-state index is 11.8. The van der Waals surface area contributed by atoms with Crippen molar-refractivity contribution < 1.29 is 14.4 Å². The fourth-order valence-electron chi connectivity index (χ4n) is 3.71. The SMILES string of the molecule is O=P(O)(O)c1cccc2cc3cc4cc5ccccc5cc4cc3cc12. The lowest BCUT2D eigenvalue weighted by molar-refractivity contribution is 0.388. The second-order valence-corrected chi connectivity index (χ2v) is 8.21. The van der Waals surface area contributed by atoms with E-state index in [1.165, 1.54) is 16.8 Å². The monoisotopic (exact) mass is 358 g/mol. The van der Waals surface area contributed by atoms with Crippen molar-refractivity contribution in [3.05, 3.63) is 78.9 Å². The van der Waals surface area contributed by atoms with Crippen molar-refractivity contribution in [2.45, 2.75) is 0 Å². The smallest absolute Gasteiger partial charge is 0.321 e. The Morgan fingerprint density at radius 1 is 0.538 bits per heavy atom. The van der Waals surface area contributed by atoms with Crippen LogP contribution in [-0.2, 0) is 4.57 Å². The van der Waals surface area contributed by atoms with Gasteiger partial charge in [0.1, 0.15) is 0 Å². The summed E-state index contributed by atoms with van der Waals surface area (Å²) in [6, 6.07) is 25.8. The maximum Gasteiger partial charge on any atom is 0.356 e. The van der Waals surface area contributed by atoms with Crippen LogP contribution in [-0.4, -0.2) is 9.79 Å². The molecular weight excluding hydrogens is 343 g/mol. The summed E-state index contributed by atoms with van der Waals surface area (Å²) in [6.45, 7) is 0. The third-order valence-electron chi connectivity index (χ3n) is 4.95. The summed E-state index contributed by atoms with van der Waals surface area (Å²) in [5, 5.41) is 8.19. The summed E-state index contributed by atoms with van der Waals surface area (Å²) in [5.74, 6) is 0. The van der Waals surface area contributed by atoms with Crippen molar-refractivity contribution in [2.75, 3.05) is 0 Å². The van der Waals surface area contributed by atoms with E-state index in [1.54, 1.807) is 6.07 Å². The van der Waals surface area contributed by atoms with Gasteiger partial charge in [-0.05, 0) is 85.6 Å². The molecule has 0 aromatic heterocycles. The van der Waals surface area contributed by atoms with Gasteiger partial charge in [0.05, 0.1) is 5.30 Å². The summed E-state index contributed by atoms with van der Waals surface area (Å²) in [7, 11) is -4.32. The van der Waals surface area contributed by atoms with Crippen molar-refractivity contribution in [3.63, 3.8) is 0 Å². The van der Waals surface area contributed by atoms with Crippen LogP contribution in [0.15, 0.2) is 78.9 Å². The molecule has 26 heavy (non-hydrogen) atoms. The first-order chi connectivity index (χ1) is 12.5. The molecule has 0 aliphatic rings. The Labute approximate surface area is 149 Å².